The molecular weight excluding hydrogens is 432 g/mol. The van der Waals surface area contributed by atoms with Gasteiger partial charge in [0.15, 0.2) is 0 Å². The Hall–Kier alpha value is -3.17. The molecular formula is C22H25ClN6O3. The van der Waals surface area contributed by atoms with Crippen LogP contribution in [0.2, 0.25) is 5.02 Å². The van der Waals surface area contributed by atoms with Gasteiger partial charge in [-0.05, 0) is 50.2 Å². The fourth-order valence-electron chi connectivity index (χ4n) is 3.56. The summed E-state index contributed by atoms with van der Waals surface area (Å²) >= 11 is 5.93. The Morgan fingerprint density at radius 2 is 1.81 bits per heavy atom. The number of aromatic nitrogens is 4. The SMILES string of the molecule is CC(C)n1c(=O)nc(Nc2ccc(N3CCOCC3)cc2)n(Cc2ccc(Cl)cn2)c1=O. The Morgan fingerprint density at radius 3 is 2.44 bits per heavy atom. The van der Waals surface area contributed by atoms with E-state index in [1.54, 1.807) is 26.0 Å². The van der Waals surface area contributed by atoms with Gasteiger partial charge in [0.2, 0.25) is 5.95 Å². The van der Waals surface area contributed by atoms with Gasteiger partial charge in [-0.25, -0.2) is 14.2 Å². The minimum absolute atomic E-state index is 0.143. The molecule has 0 atom stereocenters. The van der Waals surface area contributed by atoms with Crippen molar-refractivity contribution in [2.45, 2.75) is 26.4 Å². The van der Waals surface area contributed by atoms with Gasteiger partial charge in [-0.15, -0.1) is 0 Å². The molecule has 0 spiro atoms. The Morgan fingerprint density at radius 1 is 1.09 bits per heavy atom. The van der Waals surface area contributed by atoms with Crippen LogP contribution in [0.5, 0.6) is 0 Å². The molecule has 3 aromatic rings. The summed E-state index contributed by atoms with van der Waals surface area (Å²) in [5.74, 6) is 0.160. The minimum Gasteiger partial charge on any atom is -0.378 e. The summed E-state index contributed by atoms with van der Waals surface area (Å²) in [6, 6.07) is 10.9. The Bertz CT molecular complexity index is 1180. The zero-order valence-corrected chi connectivity index (χ0v) is 18.7. The summed E-state index contributed by atoms with van der Waals surface area (Å²) in [7, 11) is 0. The second kappa shape index (κ2) is 9.54. The largest absolute Gasteiger partial charge is 0.378 e. The van der Waals surface area contributed by atoms with Crippen LogP contribution < -0.4 is 21.6 Å². The molecule has 1 aliphatic rings. The highest BCUT2D eigenvalue weighted by molar-refractivity contribution is 6.30. The van der Waals surface area contributed by atoms with Crippen LogP contribution in [0, 0.1) is 0 Å². The van der Waals surface area contributed by atoms with Crippen LogP contribution in [-0.4, -0.2) is 45.4 Å². The smallest absolute Gasteiger partial charge is 0.355 e. The molecule has 168 valence electrons. The van der Waals surface area contributed by atoms with Crippen molar-refractivity contribution in [2.75, 3.05) is 36.5 Å². The normalized spacial score (nSPS) is 14.1. The average molecular weight is 457 g/mol. The van der Waals surface area contributed by atoms with Gasteiger partial charge in [-0.3, -0.25) is 9.55 Å². The fraction of sp³-hybridized carbons (Fsp3) is 0.364. The summed E-state index contributed by atoms with van der Waals surface area (Å²) in [5, 5.41) is 3.63. The maximum atomic E-state index is 13.1. The Labute approximate surface area is 190 Å². The summed E-state index contributed by atoms with van der Waals surface area (Å²) in [4.78, 5) is 36.4. The maximum Gasteiger partial charge on any atom is 0.355 e. The third-order valence-electron chi connectivity index (χ3n) is 5.23. The van der Waals surface area contributed by atoms with E-state index in [9.17, 15) is 9.59 Å². The number of halogens is 1. The van der Waals surface area contributed by atoms with Gasteiger partial charge in [-0.2, -0.15) is 4.98 Å². The van der Waals surface area contributed by atoms with Gasteiger partial charge in [0.1, 0.15) is 0 Å². The van der Waals surface area contributed by atoms with Gasteiger partial charge in [-0.1, -0.05) is 11.6 Å². The number of pyridine rings is 1. The minimum atomic E-state index is -0.599. The van der Waals surface area contributed by atoms with Crippen LogP contribution in [0.15, 0.2) is 52.2 Å². The highest BCUT2D eigenvalue weighted by Gasteiger charge is 2.17. The molecule has 2 aromatic heterocycles. The molecule has 0 aliphatic carbocycles. The Kier molecular flexibility index (Phi) is 6.57. The van der Waals surface area contributed by atoms with Gasteiger partial charge in [0, 0.05) is 36.7 Å². The molecule has 10 heteroatoms. The summed E-state index contributed by atoms with van der Waals surface area (Å²) < 4.78 is 7.94. The van der Waals surface area contributed by atoms with Crippen LogP contribution in [-0.2, 0) is 11.3 Å². The van der Waals surface area contributed by atoms with E-state index in [0.717, 1.165) is 23.3 Å². The average Bonchev–Trinajstić information content (AvgIpc) is 2.78. The lowest BCUT2D eigenvalue weighted by atomic mass is 10.2. The first-order chi connectivity index (χ1) is 15.4. The monoisotopic (exact) mass is 456 g/mol. The van der Waals surface area contributed by atoms with E-state index in [0.29, 0.717) is 29.6 Å². The molecule has 1 saturated heterocycles. The molecule has 9 nitrogen and oxygen atoms in total. The number of benzene rings is 1. The van der Waals surface area contributed by atoms with Crippen molar-refractivity contribution in [3.05, 3.63) is 74.3 Å². The zero-order chi connectivity index (χ0) is 22.7. The van der Waals surface area contributed by atoms with Crippen LogP contribution in [0.1, 0.15) is 25.6 Å². The van der Waals surface area contributed by atoms with E-state index >= 15 is 0 Å². The molecule has 0 amide bonds. The first kappa shape index (κ1) is 22.0. The van der Waals surface area contributed by atoms with E-state index in [-0.39, 0.29) is 18.5 Å². The van der Waals surface area contributed by atoms with Crippen LogP contribution in [0.4, 0.5) is 17.3 Å². The van der Waals surface area contributed by atoms with Crippen molar-refractivity contribution >= 4 is 28.9 Å². The maximum absolute atomic E-state index is 13.1. The lowest BCUT2D eigenvalue weighted by Gasteiger charge is -2.29. The Balaban J connectivity index is 1.67. The number of morpholine rings is 1. The van der Waals surface area contributed by atoms with Crippen molar-refractivity contribution < 1.29 is 4.74 Å². The van der Waals surface area contributed by atoms with E-state index in [2.05, 4.69) is 20.2 Å². The van der Waals surface area contributed by atoms with Crippen LogP contribution in [0.3, 0.4) is 0 Å². The summed E-state index contributed by atoms with van der Waals surface area (Å²) in [6.45, 7) is 6.79. The number of nitrogens with one attached hydrogen (secondary N) is 1. The molecule has 0 unspecified atom stereocenters. The number of nitrogens with zero attached hydrogens (tertiary/aromatic N) is 5. The quantitative estimate of drug-likeness (QED) is 0.609. The first-order valence-electron chi connectivity index (χ1n) is 10.5. The number of hydrogen-bond acceptors (Lipinski definition) is 7. The van der Waals surface area contributed by atoms with Gasteiger partial charge in [0.25, 0.3) is 0 Å². The van der Waals surface area contributed by atoms with Crippen molar-refractivity contribution in [3.8, 4) is 0 Å². The predicted molar refractivity (Wildman–Crippen MR) is 124 cm³/mol. The highest BCUT2D eigenvalue weighted by Crippen LogP contribution is 2.21. The molecule has 0 saturated carbocycles. The molecule has 0 radical (unpaired) electrons. The van der Waals surface area contributed by atoms with E-state index < -0.39 is 11.4 Å². The van der Waals surface area contributed by atoms with E-state index in [1.165, 1.54) is 10.8 Å². The second-order valence-corrected chi connectivity index (χ2v) is 8.23. The molecule has 32 heavy (non-hydrogen) atoms. The van der Waals surface area contributed by atoms with Gasteiger partial charge >= 0.3 is 11.4 Å². The standard InChI is InChI=1S/C22H25ClN6O3/c1-15(2)29-21(30)26-20(28(22(29)31)14-18-4-3-16(23)13-24-18)25-17-5-7-19(8-6-17)27-9-11-32-12-10-27/h3-8,13,15H,9-12,14H2,1-2H3,(H,25,26,30). The number of ether oxygens (including phenoxy) is 1. The lowest BCUT2D eigenvalue weighted by Crippen LogP contribution is -2.43. The van der Waals surface area contributed by atoms with E-state index in [1.807, 2.05) is 24.3 Å². The molecule has 1 N–H and O–H groups in total. The molecule has 0 bridgehead atoms. The van der Waals surface area contributed by atoms with Crippen molar-refractivity contribution in [1.29, 1.82) is 0 Å². The third-order valence-corrected chi connectivity index (χ3v) is 5.45. The number of rotatable bonds is 6. The lowest BCUT2D eigenvalue weighted by molar-refractivity contribution is 0.122. The fourth-order valence-corrected chi connectivity index (χ4v) is 3.67. The van der Waals surface area contributed by atoms with Crippen molar-refractivity contribution in [3.63, 3.8) is 0 Å². The van der Waals surface area contributed by atoms with Crippen molar-refractivity contribution in [1.82, 2.24) is 19.1 Å². The predicted octanol–water partition coefficient (Wildman–Crippen LogP) is 2.66. The van der Waals surface area contributed by atoms with Crippen LogP contribution in [0.25, 0.3) is 0 Å². The van der Waals surface area contributed by atoms with Gasteiger partial charge < -0.3 is 15.0 Å². The van der Waals surface area contributed by atoms with Crippen molar-refractivity contribution in [2.24, 2.45) is 0 Å². The zero-order valence-electron chi connectivity index (χ0n) is 18.0. The molecule has 1 aromatic carbocycles. The summed E-state index contributed by atoms with van der Waals surface area (Å²) in [6.07, 6.45) is 1.52. The number of anilines is 3. The summed E-state index contributed by atoms with van der Waals surface area (Å²) in [5.41, 5.74) is 1.37. The molecule has 1 aliphatic heterocycles. The van der Waals surface area contributed by atoms with Gasteiger partial charge in [0.05, 0.1) is 30.5 Å². The molecule has 4 rings (SSSR count). The molecule has 3 heterocycles. The van der Waals surface area contributed by atoms with Crippen LogP contribution >= 0.6 is 11.6 Å². The van der Waals surface area contributed by atoms with E-state index in [4.69, 9.17) is 16.3 Å². The first-order valence-corrected chi connectivity index (χ1v) is 10.8. The second-order valence-electron chi connectivity index (χ2n) is 7.79. The molecule has 1 fully saturated rings. The number of hydrogen-bond donors (Lipinski definition) is 1. The highest BCUT2D eigenvalue weighted by atomic mass is 35.5. The third kappa shape index (κ3) is 4.84. The topological polar surface area (TPSA) is 94.3 Å².